The van der Waals surface area contributed by atoms with Crippen LogP contribution in [0, 0.1) is 6.92 Å². The van der Waals surface area contributed by atoms with Crippen molar-refractivity contribution in [1.82, 2.24) is 9.97 Å². The Hall–Kier alpha value is -1.23. The van der Waals surface area contributed by atoms with E-state index in [1.165, 1.54) is 0 Å². The highest BCUT2D eigenvalue weighted by molar-refractivity contribution is 6.44. The molecule has 0 aliphatic heterocycles. The number of hydrogen-bond acceptors (Lipinski definition) is 4. The number of anilines is 3. The second-order valence-electron chi connectivity index (χ2n) is 3.60. The van der Waals surface area contributed by atoms with Crippen molar-refractivity contribution >= 4 is 52.1 Å². The van der Waals surface area contributed by atoms with E-state index in [0.717, 1.165) is 0 Å². The Morgan fingerprint density at radius 3 is 2.33 bits per heavy atom. The Morgan fingerprint density at radius 2 is 1.67 bits per heavy atom. The molecule has 0 saturated heterocycles. The highest BCUT2D eigenvalue weighted by Gasteiger charge is 2.07. The summed E-state index contributed by atoms with van der Waals surface area (Å²) in [6.07, 6.45) is 0. The summed E-state index contributed by atoms with van der Waals surface area (Å²) < 4.78 is 0. The minimum atomic E-state index is 0.376. The number of nitrogens with one attached hydrogen (secondary N) is 1. The first kappa shape index (κ1) is 13.2. The van der Waals surface area contributed by atoms with Crippen molar-refractivity contribution in [3.8, 4) is 0 Å². The predicted molar refractivity (Wildman–Crippen MR) is 75.9 cm³/mol. The van der Waals surface area contributed by atoms with Crippen molar-refractivity contribution in [2.45, 2.75) is 6.92 Å². The number of hydrogen-bond donors (Lipinski definition) is 2. The van der Waals surface area contributed by atoms with Gasteiger partial charge in [-0.2, -0.15) is 0 Å². The van der Waals surface area contributed by atoms with E-state index in [4.69, 9.17) is 40.5 Å². The van der Waals surface area contributed by atoms with Crippen LogP contribution in [0.1, 0.15) is 5.82 Å². The van der Waals surface area contributed by atoms with Crippen LogP contribution in [-0.4, -0.2) is 9.97 Å². The van der Waals surface area contributed by atoms with E-state index in [-0.39, 0.29) is 0 Å². The van der Waals surface area contributed by atoms with Gasteiger partial charge in [-0.25, -0.2) is 9.97 Å². The summed E-state index contributed by atoms with van der Waals surface area (Å²) in [5, 5.41) is 4.26. The number of halogens is 3. The molecule has 0 amide bonds. The number of nitrogen functional groups attached to an aromatic ring is 1. The van der Waals surface area contributed by atoms with Crippen molar-refractivity contribution < 1.29 is 0 Å². The maximum absolute atomic E-state index is 6.05. The normalized spacial score (nSPS) is 10.4. The minimum Gasteiger partial charge on any atom is -0.384 e. The number of aryl methyl sites for hydroxylation is 1. The molecular formula is C11H9Cl3N4. The molecule has 0 aliphatic rings. The Bertz CT molecular complexity index is 581. The van der Waals surface area contributed by atoms with Crippen molar-refractivity contribution in [2.75, 3.05) is 11.1 Å². The SMILES string of the molecule is Cc1nc(N)cc(Nc2cc(Cl)c(Cl)cc2Cl)n1. The van der Waals surface area contributed by atoms with E-state index < -0.39 is 0 Å². The fraction of sp³-hybridized carbons (Fsp3) is 0.0909. The summed E-state index contributed by atoms with van der Waals surface area (Å²) in [5.74, 6) is 1.48. The van der Waals surface area contributed by atoms with Crippen LogP contribution in [0.15, 0.2) is 18.2 Å². The highest BCUT2D eigenvalue weighted by Crippen LogP contribution is 2.33. The molecule has 1 aromatic carbocycles. The van der Waals surface area contributed by atoms with Gasteiger partial charge in [-0.3, -0.25) is 0 Å². The smallest absolute Gasteiger partial charge is 0.136 e. The van der Waals surface area contributed by atoms with Gasteiger partial charge in [0.25, 0.3) is 0 Å². The Balaban J connectivity index is 2.36. The largest absolute Gasteiger partial charge is 0.384 e. The molecule has 18 heavy (non-hydrogen) atoms. The third-order valence-electron chi connectivity index (χ3n) is 2.13. The molecule has 2 rings (SSSR count). The minimum absolute atomic E-state index is 0.376. The molecule has 3 N–H and O–H groups in total. The molecule has 0 unspecified atom stereocenters. The summed E-state index contributed by atoms with van der Waals surface area (Å²) in [4.78, 5) is 8.16. The van der Waals surface area contributed by atoms with Crippen molar-refractivity contribution in [3.63, 3.8) is 0 Å². The van der Waals surface area contributed by atoms with Crippen LogP contribution < -0.4 is 11.1 Å². The molecule has 0 fully saturated rings. The van der Waals surface area contributed by atoms with Crippen LogP contribution in [0.5, 0.6) is 0 Å². The van der Waals surface area contributed by atoms with Gasteiger partial charge in [0.05, 0.1) is 20.8 Å². The van der Waals surface area contributed by atoms with Crippen LogP contribution in [0.4, 0.5) is 17.3 Å². The van der Waals surface area contributed by atoms with E-state index >= 15 is 0 Å². The molecular weight excluding hydrogens is 295 g/mol. The van der Waals surface area contributed by atoms with Crippen molar-refractivity contribution in [1.29, 1.82) is 0 Å². The summed E-state index contributed by atoms with van der Waals surface area (Å²) in [6, 6.07) is 4.79. The number of benzene rings is 1. The summed E-state index contributed by atoms with van der Waals surface area (Å²) in [6.45, 7) is 1.75. The average molecular weight is 304 g/mol. The molecule has 0 atom stereocenters. The third-order valence-corrected chi connectivity index (χ3v) is 3.17. The van der Waals surface area contributed by atoms with Crippen LogP contribution in [0.25, 0.3) is 0 Å². The number of nitrogens with zero attached hydrogens (tertiary/aromatic N) is 2. The topological polar surface area (TPSA) is 63.8 Å². The lowest BCUT2D eigenvalue weighted by molar-refractivity contribution is 1.06. The van der Waals surface area contributed by atoms with E-state index in [1.54, 1.807) is 25.1 Å². The first-order chi connectivity index (χ1) is 8.45. The maximum Gasteiger partial charge on any atom is 0.136 e. The van der Waals surface area contributed by atoms with E-state index in [1.807, 2.05) is 0 Å². The second-order valence-corrected chi connectivity index (χ2v) is 4.82. The average Bonchev–Trinajstić information content (AvgIpc) is 2.24. The zero-order valence-corrected chi connectivity index (χ0v) is 11.6. The molecule has 2 aromatic rings. The summed E-state index contributed by atoms with van der Waals surface area (Å²) in [7, 11) is 0. The highest BCUT2D eigenvalue weighted by atomic mass is 35.5. The quantitative estimate of drug-likeness (QED) is 0.821. The monoisotopic (exact) mass is 302 g/mol. The lowest BCUT2D eigenvalue weighted by Gasteiger charge is -2.10. The third kappa shape index (κ3) is 2.96. The van der Waals surface area contributed by atoms with Gasteiger partial charge in [0.1, 0.15) is 17.5 Å². The van der Waals surface area contributed by atoms with Gasteiger partial charge in [-0.15, -0.1) is 0 Å². The van der Waals surface area contributed by atoms with Gasteiger partial charge >= 0.3 is 0 Å². The van der Waals surface area contributed by atoms with Crippen LogP contribution in [0.2, 0.25) is 15.1 Å². The molecule has 1 heterocycles. The number of rotatable bonds is 2. The standard InChI is InChI=1S/C11H9Cl3N4/c1-5-16-10(15)4-11(17-5)18-9-3-7(13)6(12)2-8(9)14/h2-4H,1H3,(H3,15,16,17,18). The van der Waals surface area contributed by atoms with E-state index in [9.17, 15) is 0 Å². The molecule has 1 aromatic heterocycles. The summed E-state index contributed by atoms with van der Waals surface area (Å²) >= 11 is 17.8. The molecule has 0 spiro atoms. The molecule has 94 valence electrons. The molecule has 0 radical (unpaired) electrons. The maximum atomic E-state index is 6.05. The van der Waals surface area contributed by atoms with Crippen LogP contribution in [0.3, 0.4) is 0 Å². The Kier molecular flexibility index (Phi) is 3.80. The zero-order valence-electron chi connectivity index (χ0n) is 9.34. The Labute approximate surface area is 119 Å². The van der Waals surface area contributed by atoms with Gasteiger partial charge < -0.3 is 11.1 Å². The molecule has 0 saturated carbocycles. The molecule has 4 nitrogen and oxygen atoms in total. The second kappa shape index (κ2) is 5.18. The predicted octanol–water partition coefficient (Wildman–Crippen LogP) is 4.07. The molecule has 0 bridgehead atoms. The fourth-order valence-corrected chi connectivity index (χ4v) is 2.01. The zero-order chi connectivity index (χ0) is 13.3. The van der Waals surface area contributed by atoms with Gasteiger partial charge in [-0.1, -0.05) is 34.8 Å². The van der Waals surface area contributed by atoms with Crippen molar-refractivity contribution in [3.05, 3.63) is 39.1 Å². The first-order valence-corrected chi connectivity index (χ1v) is 6.12. The Morgan fingerprint density at radius 1 is 1.00 bits per heavy atom. The lowest BCUT2D eigenvalue weighted by Crippen LogP contribution is -2.01. The van der Waals surface area contributed by atoms with E-state index in [2.05, 4.69) is 15.3 Å². The van der Waals surface area contributed by atoms with Gasteiger partial charge in [-0.05, 0) is 19.1 Å². The van der Waals surface area contributed by atoms with E-state index in [0.29, 0.717) is 38.2 Å². The van der Waals surface area contributed by atoms with Crippen LogP contribution >= 0.6 is 34.8 Å². The first-order valence-electron chi connectivity index (χ1n) is 4.98. The molecule has 0 aliphatic carbocycles. The van der Waals surface area contributed by atoms with Gasteiger partial charge in [0.2, 0.25) is 0 Å². The van der Waals surface area contributed by atoms with Crippen LogP contribution in [-0.2, 0) is 0 Å². The lowest BCUT2D eigenvalue weighted by atomic mass is 10.3. The fourth-order valence-electron chi connectivity index (χ4n) is 1.41. The number of nitrogens with two attached hydrogens (primary N) is 1. The van der Waals surface area contributed by atoms with Gasteiger partial charge in [0, 0.05) is 6.07 Å². The summed E-state index contributed by atoms with van der Waals surface area (Å²) in [5.41, 5.74) is 6.23. The molecule has 7 heteroatoms. The van der Waals surface area contributed by atoms with Crippen molar-refractivity contribution in [2.24, 2.45) is 0 Å². The van der Waals surface area contributed by atoms with Gasteiger partial charge in [0.15, 0.2) is 0 Å². The number of aromatic nitrogens is 2.